The highest BCUT2D eigenvalue weighted by atomic mass is 19.1. The maximum Gasteiger partial charge on any atom is 0.335 e. The minimum atomic E-state index is -1.34. The van der Waals surface area contributed by atoms with Crippen molar-refractivity contribution >= 4 is 23.0 Å². The van der Waals surface area contributed by atoms with Crippen molar-refractivity contribution < 1.29 is 23.1 Å². The van der Waals surface area contributed by atoms with Crippen molar-refractivity contribution in [1.29, 1.82) is 0 Å². The van der Waals surface area contributed by atoms with E-state index in [2.05, 4.69) is 34.0 Å². The second-order valence-electron chi connectivity index (χ2n) is 8.95. The fourth-order valence-corrected chi connectivity index (χ4v) is 4.41. The van der Waals surface area contributed by atoms with E-state index in [1.807, 2.05) is 13.8 Å². The number of hydrogen-bond acceptors (Lipinski definition) is 6. The Morgan fingerprint density at radius 3 is 2.27 bits per heavy atom. The van der Waals surface area contributed by atoms with Crippen LogP contribution in [-0.4, -0.2) is 56.7 Å². The van der Waals surface area contributed by atoms with E-state index in [1.54, 1.807) is 0 Å². The fourth-order valence-electron chi connectivity index (χ4n) is 4.41. The Morgan fingerprint density at radius 1 is 1.00 bits per heavy atom. The van der Waals surface area contributed by atoms with E-state index in [1.165, 1.54) is 25.1 Å². The molecular weight excluding hydrogens is 535 g/mol. The van der Waals surface area contributed by atoms with Crippen LogP contribution in [0.3, 0.4) is 0 Å². The Labute approximate surface area is 236 Å². The first-order valence-corrected chi connectivity index (χ1v) is 13.5. The van der Waals surface area contributed by atoms with Gasteiger partial charge in [-0.1, -0.05) is 33.8 Å². The molecule has 4 aromatic rings. The van der Waals surface area contributed by atoms with Crippen LogP contribution in [-0.2, 0) is 0 Å². The van der Waals surface area contributed by atoms with Gasteiger partial charge >= 0.3 is 5.97 Å². The maximum atomic E-state index is 14.8. The number of para-hydroxylation sites is 1. The standard InChI is InChI=1S/C28H28F3N5O3.C2H6/c1-4-35(5-2)13-7-12-32-28-33-24(19-14-17(27(38)39)15-22(31)16(19)3)18-10-11-23(37)36(26(18)34-28)25-20(29)8-6-9-21(25)30;1-2/h6,8-11,14-15H,4-5,7,12-13H2,1-3H3,(H,38,39)(H,32,33,34);1-2H3. The lowest BCUT2D eigenvalue weighted by Gasteiger charge is -2.18. The van der Waals surface area contributed by atoms with Crippen LogP contribution in [0.1, 0.15) is 50.0 Å². The van der Waals surface area contributed by atoms with Crippen LogP contribution >= 0.6 is 0 Å². The van der Waals surface area contributed by atoms with E-state index in [9.17, 15) is 27.9 Å². The number of anilines is 1. The number of pyridine rings is 1. The predicted molar refractivity (Wildman–Crippen MR) is 154 cm³/mol. The van der Waals surface area contributed by atoms with Crippen molar-refractivity contribution in [3.63, 3.8) is 0 Å². The molecule has 0 fully saturated rings. The van der Waals surface area contributed by atoms with Gasteiger partial charge in [-0.25, -0.2) is 22.9 Å². The van der Waals surface area contributed by atoms with Crippen LogP contribution in [0, 0.1) is 24.4 Å². The van der Waals surface area contributed by atoms with Crippen LogP contribution in [0.25, 0.3) is 28.0 Å². The minimum Gasteiger partial charge on any atom is -0.478 e. The Morgan fingerprint density at radius 2 is 1.66 bits per heavy atom. The fraction of sp³-hybridized carbons (Fsp3) is 0.333. The zero-order chi connectivity index (χ0) is 30.3. The molecule has 0 aliphatic rings. The maximum absolute atomic E-state index is 14.8. The van der Waals surface area contributed by atoms with E-state index in [4.69, 9.17) is 0 Å². The Bertz CT molecular complexity index is 1580. The normalized spacial score (nSPS) is 11.0. The van der Waals surface area contributed by atoms with Gasteiger partial charge < -0.3 is 15.3 Å². The monoisotopic (exact) mass is 569 g/mol. The number of aromatic carboxylic acids is 1. The first-order chi connectivity index (χ1) is 19.7. The molecule has 2 aromatic carbocycles. The molecule has 8 nitrogen and oxygen atoms in total. The Hall–Kier alpha value is -4.25. The third-order valence-corrected chi connectivity index (χ3v) is 6.59. The van der Waals surface area contributed by atoms with Crippen molar-refractivity contribution in [2.75, 3.05) is 31.5 Å². The number of carboxylic acids is 1. The average Bonchev–Trinajstić information content (AvgIpc) is 2.96. The second-order valence-corrected chi connectivity index (χ2v) is 8.95. The molecule has 2 N–H and O–H groups in total. The average molecular weight is 570 g/mol. The summed E-state index contributed by atoms with van der Waals surface area (Å²) in [5.74, 6) is -4.02. The van der Waals surface area contributed by atoms with Crippen LogP contribution in [0.2, 0.25) is 0 Å². The van der Waals surface area contributed by atoms with Crippen molar-refractivity contribution in [2.24, 2.45) is 0 Å². The van der Waals surface area contributed by atoms with E-state index in [0.29, 0.717) is 6.54 Å². The highest BCUT2D eigenvalue weighted by molar-refractivity contribution is 5.96. The van der Waals surface area contributed by atoms with Crippen LogP contribution in [0.15, 0.2) is 47.3 Å². The van der Waals surface area contributed by atoms with Gasteiger partial charge in [-0.2, -0.15) is 4.98 Å². The summed E-state index contributed by atoms with van der Waals surface area (Å²) in [6, 6.07) is 7.87. The number of rotatable bonds is 10. The number of fused-ring (bicyclic) bond motifs is 1. The number of nitrogens with one attached hydrogen (secondary N) is 1. The third-order valence-electron chi connectivity index (χ3n) is 6.59. The lowest BCUT2D eigenvalue weighted by Crippen LogP contribution is -2.25. The summed E-state index contributed by atoms with van der Waals surface area (Å²) < 4.78 is 45.3. The second kappa shape index (κ2) is 13.9. The minimum absolute atomic E-state index is 0.0358. The summed E-state index contributed by atoms with van der Waals surface area (Å²) in [5, 5.41) is 12.8. The third kappa shape index (κ3) is 6.74. The van der Waals surface area contributed by atoms with Gasteiger partial charge in [0.05, 0.1) is 11.3 Å². The molecule has 218 valence electrons. The smallest absolute Gasteiger partial charge is 0.335 e. The Kier molecular flexibility index (Phi) is 10.6. The van der Waals surface area contributed by atoms with E-state index in [-0.39, 0.29) is 39.4 Å². The SMILES string of the molecule is CC.CCN(CC)CCCNc1nc(-c2cc(C(=O)O)cc(F)c2C)c2ccc(=O)n(-c3c(F)cccc3F)c2n1. The van der Waals surface area contributed by atoms with Crippen molar-refractivity contribution in [3.05, 3.63) is 81.4 Å². The molecule has 0 bridgehead atoms. The van der Waals surface area contributed by atoms with Crippen LogP contribution in [0.4, 0.5) is 19.1 Å². The molecule has 0 radical (unpaired) electrons. The summed E-state index contributed by atoms with van der Waals surface area (Å²) in [7, 11) is 0. The van der Waals surface area contributed by atoms with Crippen LogP contribution < -0.4 is 10.9 Å². The molecule has 0 unspecified atom stereocenters. The van der Waals surface area contributed by atoms with Gasteiger partial charge in [-0.15, -0.1) is 0 Å². The van der Waals surface area contributed by atoms with E-state index >= 15 is 0 Å². The van der Waals surface area contributed by atoms with Gasteiger partial charge in [-0.3, -0.25) is 9.36 Å². The molecule has 2 heterocycles. The first kappa shape index (κ1) is 31.3. The van der Waals surface area contributed by atoms with E-state index in [0.717, 1.165) is 54.9 Å². The largest absolute Gasteiger partial charge is 0.478 e. The number of hydrogen-bond donors (Lipinski definition) is 2. The lowest BCUT2D eigenvalue weighted by molar-refractivity contribution is 0.0696. The first-order valence-electron chi connectivity index (χ1n) is 13.5. The summed E-state index contributed by atoms with van der Waals surface area (Å²) in [5.41, 5.74) is -1.42. The quantitative estimate of drug-likeness (QED) is 0.225. The molecule has 0 atom stereocenters. The molecule has 2 aromatic heterocycles. The molecular formula is C30H34F3N5O3. The van der Waals surface area contributed by atoms with Gasteiger partial charge in [0.1, 0.15) is 23.1 Å². The zero-order valence-corrected chi connectivity index (χ0v) is 23.8. The number of carbonyl (C=O) groups is 1. The predicted octanol–water partition coefficient (Wildman–Crippen LogP) is 6.04. The highest BCUT2D eigenvalue weighted by Crippen LogP contribution is 2.32. The summed E-state index contributed by atoms with van der Waals surface area (Å²) in [6.45, 7) is 12.6. The van der Waals surface area contributed by atoms with Crippen molar-refractivity contribution in [3.8, 4) is 16.9 Å². The summed E-state index contributed by atoms with van der Waals surface area (Å²) in [6.07, 6.45) is 0.726. The molecule has 0 saturated heterocycles. The molecule has 0 saturated carbocycles. The number of benzene rings is 2. The topological polar surface area (TPSA) is 100 Å². The molecule has 0 aliphatic carbocycles. The molecule has 0 spiro atoms. The summed E-state index contributed by atoms with van der Waals surface area (Å²) in [4.78, 5) is 35.8. The van der Waals surface area contributed by atoms with Gasteiger partial charge in [0.25, 0.3) is 5.56 Å². The number of halogens is 3. The lowest BCUT2D eigenvalue weighted by atomic mass is 9.99. The summed E-state index contributed by atoms with van der Waals surface area (Å²) >= 11 is 0. The van der Waals surface area contributed by atoms with Crippen LogP contribution in [0.5, 0.6) is 0 Å². The van der Waals surface area contributed by atoms with Crippen molar-refractivity contribution in [1.82, 2.24) is 19.4 Å². The number of aromatic nitrogens is 3. The van der Waals surface area contributed by atoms with Gasteiger partial charge in [0, 0.05) is 23.6 Å². The van der Waals surface area contributed by atoms with Gasteiger partial charge in [0.15, 0.2) is 5.65 Å². The molecule has 4 rings (SSSR count). The van der Waals surface area contributed by atoms with E-state index < -0.39 is 34.7 Å². The molecule has 41 heavy (non-hydrogen) atoms. The number of carboxylic acid groups (broad SMARTS) is 1. The molecule has 0 aliphatic heterocycles. The molecule has 11 heteroatoms. The Balaban J connectivity index is 0.00000226. The van der Waals surface area contributed by atoms with Gasteiger partial charge in [-0.05, 0) is 68.9 Å². The molecule has 0 amide bonds. The number of nitrogens with zero attached hydrogens (tertiary/aromatic N) is 4. The highest BCUT2D eigenvalue weighted by Gasteiger charge is 2.22. The van der Waals surface area contributed by atoms with Gasteiger partial charge in [0.2, 0.25) is 5.95 Å². The van der Waals surface area contributed by atoms with Crippen molar-refractivity contribution in [2.45, 2.75) is 41.0 Å². The zero-order valence-electron chi connectivity index (χ0n) is 23.8.